The first kappa shape index (κ1) is 14.4. The molecule has 0 radical (unpaired) electrons. The molecule has 0 unspecified atom stereocenters. The Kier molecular flexibility index (Phi) is 5.25. The summed E-state index contributed by atoms with van der Waals surface area (Å²) in [5.41, 5.74) is 1.13. The molecule has 1 N–H and O–H groups in total. The molecule has 1 aromatic heterocycles. The van der Waals surface area contributed by atoms with Gasteiger partial charge in [-0.1, -0.05) is 6.92 Å². The Bertz CT molecular complexity index is 379. The highest BCUT2D eigenvalue weighted by molar-refractivity contribution is 5.33. The largest absolute Gasteiger partial charge is 0.342 e. The zero-order valence-electron chi connectivity index (χ0n) is 12.7. The van der Waals surface area contributed by atoms with Crippen molar-refractivity contribution in [3.05, 3.63) is 11.9 Å². The Morgan fingerprint density at radius 2 is 2.11 bits per heavy atom. The Morgan fingerprint density at radius 3 is 2.74 bits per heavy atom. The monoisotopic (exact) mass is 264 g/mol. The SMILES string of the molecule is CCCn1cc(C)nc1N(CC)CC1CCNCC1. The van der Waals surface area contributed by atoms with Crippen LogP contribution >= 0.6 is 0 Å². The average molecular weight is 264 g/mol. The molecule has 0 aliphatic carbocycles. The van der Waals surface area contributed by atoms with E-state index in [4.69, 9.17) is 4.98 Å². The molecule has 1 aliphatic rings. The lowest BCUT2D eigenvalue weighted by Gasteiger charge is -2.30. The van der Waals surface area contributed by atoms with Crippen LogP contribution in [0.15, 0.2) is 6.20 Å². The molecule has 0 spiro atoms. The third-order valence-corrected chi connectivity index (χ3v) is 3.94. The van der Waals surface area contributed by atoms with E-state index >= 15 is 0 Å². The normalized spacial score (nSPS) is 16.8. The van der Waals surface area contributed by atoms with Gasteiger partial charge in [-0.2, -0.15) is 0 Å². The number of nitrogens with one attached hydrogen (secondary N) is 1. The summed E-state index contributed by atoms with van der Waals surface area (Å²) in [7, 11) is 0. The summed E-state index contributed by atoms with van der Waals surface area (Å²) in [6, 6.07) is 0. The zero-order chi connectivity index (χ0) is 13.7. The maximum Gasteiger partial charge on any atom is 0.205 e. The van der Waals surface area contributed by atoms with Crippen LogP contribution in [0.25, 0.3) is 0 Å². The molecule has 2 rings (SSSR count). The maximum atomic E-state index is 4.74. The molecule has 2 heterocycles. The highest BCUT2D eigenvalue weighted by Crippen LogP contribution is 2.20. The summed E-state index contributed by atoms with van der Waals surface area (Å²) in [5, 5.41) is 3.44. The van der Waals surface area contributed by atoms with Crippen molar-refractivity contribution in [2.45, 2.75) is 46.6 Å². The van der Waals surface area contributed by atoms with Gasteiger partial charge in [0.2, 0.25) is 5.95 Å². The van der Waals surface area contributed by atoms with Gasteiger partial charge >= 0.3 is 0 Å². The number of aryl methyl sites for hydroxylation is 2. The fourth-order valence-corrected chi connectivity index (χ4v) is 2.92. The van der Waals surface area contributed by atoms with Crippen molar-refractivity contribution in [2.24, 2.45) is 5.92 Å². The van der Waals surface area contributed by atoms with Crippen LogP contribution in [0.3, 0.4) is 0 Å². The van der Waals surface area contributed by atoms with Gasteiger partial charge in [-0.25, -0.2) is 4.98 Å². The van der Waals surface area contributed by atoms with Gasteiger partial charge < -0.3 is 14.8 Å². The molecule has 0 aromatic carbocycles. The first-order valence-electron chi connectivity index (χ1n) is 7.74. The lowest BCUT2D eigenvalue weighted by molar-refractivity contribution is 0.372. The fraction of sp³-hybridized carbons (Fsp3) is 0.800. The molecule has 1 aliphatic heterocycles. The molecule has 0 atom stereocenters. The molecule has 0 saturated carbocycles. The van der Waals surface area contributed by atoms with Crippen molar-refractivity contribution >= 4 is 5.95 Å². The van der Waals surface area contributed by atoms with Crippen LogP contribution < -0.4 is 10.2 Å². The number of imidazole rings is 1. The zero-order valence-corrected chi connectivity index (χ0v) is 12.7. The summed E-state index contributed by atoms with van der Waals surface area (Å²) < 4.78 is 2.32. The molecular weight excluding hydrogens is 236 g/mol. The van der Waals surface area contributed by atoms with Gasteiger partial charge in [0.25, 0.3) is 0 Å². The highest BCUT2D eigenvalue weighted by atomic mass is 15.3. The van der Waals surface area contributed by atoms with Crippen LogP contribution in [0.2, 0.25) is 0 Å². The molecule has 1 fully saturated rings. The van der Waals surface area contributed by atoms with E-state index in [0.717, 1.165) is 37.7 Å². The van der Waals surface area contributed by atoms with Crippen LogP contribution in [-0.4, -0.2) is 35.7 Å². The topological polar surface area (TPSA) is 33.1 Å². The summed E-state index contributed by atoms with van der Waals surface area (Å²) in [5.74, 6) is 1.98. The lowest BCUT2D eigenvalue weighted by atomic mass is 9.98. The fourth-order valence-electron chi connectivity index (χ4n) is 2.92. The Hall–Kier alpha value is -1.03. The molecule has 0 bridgehead atoms. The number of hydrogen-bond donors (Lipinski definition) is 1. The molecule has 0 amide bonds. The van der Waals surface area contributed by atoms with Crippen LogP contribution in [0.4, 0.5) is 5.95 Å². The van der Waals surface area contributed by atoms with Gasteiger partial charge in [-0.05, 0) is 52.1 Å². The number of rotatable bonds is 6. The van der Waals surface area contributed by atoms with Crippen molar-refractivity contribution in [2.75, 3.05) is 31.1 Å². The number of hydrogen-bond acceptors (Lipinski definition) is 3. The third kappa shape index (κ3) is 3.72. The van der Waals surface area contributed by atoms with E-state index in [1.165, 1.54) is 31.9 Å². The smallest absolute Gasteiger partial charge is 0.205 e. The van der Waals surface area contributed by atoms with Gasteiger partial charge in [0.1, 0.15) is 0 Å². The minimum Gasteiger partial charge on any atom is -0.342 e. The van der Waals surface area contributed by atoms with E-state index in [0.29, 0.717) is 0 Å². The van der Waals surface area contributed by atoms with Crippen LogP contribution in [0, 0.1) is 12.8 Å². The lowest BCUT2D eigenvalue weighted by Crippen LogP contribution is -2.37. The minimum absolute atomic E-state index is 0.813. The first-order valence-corrected chi connectivity index (χ1v) is 7.74. The quantitative estimate of drug-likeness (QED) is 0.856. The summed E-state index contributed by atoms with van der Waals surface area (Å²) in [4.78, 5) is 7.20. The first-order chi connectivity index (χ1) is 9.24. The van der Waals surface area contributed by atoms with E-state index in [9.17, 15) is 0 Å². The van der Waals surface area contributed by atoms with E-state index in [1.54, 1.807) is 0 Å². The van der Waals surface area contributed by atoms with Crippen molar-refractivity contribution in [1.29, 1.82) is 0 Å². The van der Waals surface area contributed by atoms with Gasteiger partial charge in [-0.3, -0.25) is 0 Å². The van der Waals surface area contributed by atoms with Gasteiger partial charge in [0.05, 0.1) is 5.69 Å². The number of anilines is 1. The molecule has 4 heteroatoms. The Balaban J connectivity index is 2.07. The molecular formula is C15H28N4. The van der Waals surface area contributed by atoms with Crippen molar-refractivity contribution < 1.29 is 0 Å². The Labute approximate surface area is 117 Å². The standard InChI is InChI=1S/C15H28N4/c1-4-10-19-11-13(3)17-15(19)18(5-2)12-14-6-8-16-9-7-14/h11,14,16H,4-10,12H2,1-3H3. The molecule has 1 aromatic rings. The van der Waals surface area contributed by atoms with Crippen LogP contribution in [0.5, 0.6) is 0 Å². The van der Waals surface area contributed by atoms with Gasteiger partial charge in [0.15, 0.2) is 0 Å². The number of nitrogens with zero attached hydrogens (tertiary/aromatic N) is 3. The Morgan fingerprint density at radius 1 is 1.37 bits per heavy atom. The van der Waals surface area contributed by atoms with Crippen LogP contribution in [0.1, 0.15) is 38.8 Å². The second-order valence-electron chi connectivity index (χ2n) is 5.61. The predicted molar refractivity (Wildman–Crippen MR) is 80.7 cm³/mol. The van der Waals surface area contributed by atoms with E-state index in [1.807, 2.05) is 0 Å². The third-order valence-electron chi connectivity index (χ3n) is 3.94. The van der Waals surface area contributed by atoms with E-state index in [2.05, 4.69) is 41.8 Å². The van der Waals surface area contributed by atoms with Crippen molar-refractivity contribution in [1.82, 2.24) is 14.9 Å². The molecule has 108 valence electrons. The van der Waals surface area contributed by atoms with E-state index in [-0.39, 0.29) is 0 Å². The van der Waals surface area contributed by atoms with Crippen LogP contribution in [-0.2, 0) is 6.54 Å². The highest BCUT2D eigenvalue weighted by Gasteiger charge is 2.19. The van der Waals surface area contributed by atoms with E-state index < -0.39 is 0 Å². The summed E-state index contributed by atoms with van der Waals surface area (Å²) >= 11 is 0. The van der Waals surface area contributed by atoms with Crippen molar-refractivity contribution in [3.8, 4) is 0 Å². The predicted octanol–water partition coefficient (Wildman–Crippen LogP) is 2.43. The summed E-state index contributed by atoms with van der Waals surface area (Å²) in [6.45, 7) is 12.2. The van der Waals surface area contributed by atoms with Gasteiger partial charge in [-0.15, -0.1) is 0 Å². The number of aromatic nitrogens is 2. The minimum atomic E-state index is 0.813. The molecule has 4 nitrogen and oxygen atoms in total. The summed E-state index contributed by atoms with van der Waals surface area (Å²) in [6.07, 6.45) is 5.94. The van der Waals surface area contributed by atoms with Crippen molar-refractivity contribution in [3.63, 3.8) is 0 Å². The van der Waals surface area contributed by atoms with Gasteiger partial charge in [0, 0.05) is 25.8 Å². The molecule has 19 heavy (non-hydrogen) atoms. The maximum absolute atomic E-state index is 4.74. The average Bonchev–Trinajstić information content (AvgIpc) is 2.78. The number of piperidine rings is 1. The second kappa shape index (κ2) is 6.94. The molecule has 1 saturated heterocycles. The second-order valence-corrected chi connectivity index (χ2v) is 5.61.